The van der Waals surface area contributed by atoms with Crippen LogP contribution in [0, 0.1) is 5.82 Å². The fourth-order valence-corrected chi connectivity index (χ4v) is 3.60. The maximum absolute atomic E-state index is 13.7. The molecule has 0 bridgehead atoms. The fourth-order valence-electron chi connectivity index (χ4n) is 2.08. The van der Waals surface area contributed by atoms with Gasteiger partial charge in [-0.3, -0.25) is 4.79 Å². The van der Waals surface area contributed by atoms with Gasteiger partial charge in [-0.2, -0.15) is 0 Å². The van der Waals surface area contributed by atoms with Crippen molar-refractivity contribution in [1.82, 2.24) is 4.72 Å². The van der Waals surface area contributed by atoms with E-state index in [0.717, 1.165) is 18.9 Å². The minimum absolute atomic E-state index is 0.00591. The molecule has 3 rings (SSSR count). The predicted molar refractivity (Wildman–Crippen MR) is 89.1 cm³/mol. The molecule has 0 unspecified atom stereocenters. The van der Waals surface area contributed by atoms with Gasteiger partial charge in [0.05, 0.1) is 10.6 Å². The van der Waals surface area contributed by atoms with Crippen LogP contribution in [0.15, 0.2) is 47.4 Å². The third-order valence-electron chi connectivity index (χ3n) is 3.48. The van der Waals surface area contributed by atoms with E-state index in [9.17, 15) is 17.6 Å². The van der Waals surface area contributed by atoms with Crippen LogP contribution in [0.1, 0.15) is 23.2 Å². The summed E-state index contributed by atoms with van der Waals surface area (Å²) >= 11 is 5.78. The van der Waals surface area contributed by atoms with Crippen molar-refractivity contribution in [3.05, 3.63) is 58.9 Å². The lowest BCUT2D eigenvalue weighted by molar-refractivity contribution is 0.102. The lowest BCUT2D eigenvalue weighted by Crippen LogP contribution is -2.26. The molecule has 2 N–H and O–H groups in total. The summed E-state index contributed by atoms with van der Waals surface area (Å²) in [4.78, 5) is 12.2. The first-order chi connectivity index (χ1) is 11.3. The monoisotopic (exact) mass is 368 g/mol. The number of carbonyl (C=O) groups excluding carboxylic acids is 1. The average molecular weight is 369 g/mol. The molecule has 1 amide bonds. The van der Waals surface area contributed by atoms with Crippen molar-refractivity contribution in [2.45, 2.75) is 23.8 Å². The summed E-state index contributed by atoms with van der Waals surface area (Å²) in [6.07, 6.45) is 1.63. The Morgan fingerprint density at radius 2 is 1.92 bits per heavy atom. The summed E-state index contributed by atoms with van der Waals surface area (Å²) in [7, 11) is -3.67. The Bertz CT molecular complexity index is 898. The molecule has 5 nitrogen and oxygen atoms in total. The van der Waals surface area contributed by atoms with Gasteiger partial charge in [0.2, 0.25) is 10.0 Å². The van der Waals surface area contributed by atoms with Crippen LogP contribution in [-0.2, 0) is 10.0 Å². The van der Waals surface area contributed by atoms with Gasteiger partial charge in [0.1, 0.15) is 5.82 Å². The quantitative estimate of drug-likeness (QED) is 0.851. The third kappa shape index (κ3) is 3.92. The largest absolute Gasteiger partial charge is 0.319 e. The minimum atomic E-state index is -3.67. The van der Waals surface area contributed by atoms with Crippen molar-refractivity contribution in [1.29, 1.82) is 0 Å². The standard InChI is InChI=1S/C16H14ClFN2O3S/c17-11-4-7-14(18)15(9-11)19-16(21)10-2-1-3-13(8-10)24(22,23)20-12-5-6-12/h1-4,7-9,12,20H,5-6H2,(H,19,21). The molecule has 0 aliphatic heterocycles. The molecular weight excluding hydrogens is 355 g/mol. The topological polar surface area (TPSA) is 75.3 Å². The fraction of sp³-hybridized carbons (Fsp3) is 0.188. The van der Waals surface area contributed by atoms with Crippen LogP contribution in [0.5, 0.6) is 0 Å². The second-order valence-corrected chi connectivity index (χ2v) is 7.65. The van der Waals surface area contributed by atoms with Crippen molar-refractivity contribution < 1.29 is 17.6 Å². The summed E-state index contributed by atoms with van der Waals surface area (Å²) < 4.78 is 40.6. The molecule has 1 saturated carbocycles. The van der Waals surface area contributed by atoms with Crippen molar-refractivity contribution in [2.75, 3.05) is 5.32 Å². The van der Waals surface area contributed by atoms with E-state index < -0.39 is 21.7 Å². The maximum Gasteiger partial charge on any atom is 0.255 e. The number of carbonyl (C=O) groups is 1. The second kappa shape index (κ2) is 6.51. The summed E-state index contributed by atoms with van der Waals surface area (Å²) in [5, 5.41) is 2.66. The molecule has 0 heterocycles. The summed E-state index contributed by atoms with van der Waals surface area (Å²) in [6, 6.07) is 9.32. The Labute approximate surface area is 143 Å². The van der Waals surface area contributed by atoms with Gasteiger partial charge in [0, 0.05) is 16.6 Å². The second-order valence-electron chi connectivity index (χ2n) is 5.50. The van der Waals surface area contributed by atoms with Crippen LogP contribution in [0.2, 0.25) is 5.02 Å². The lowest BCUT2D eigenvalue weighted by atomic mass is 10.2. The molecule has 0 radical (unpaired) electrons. The summed E-state index contributed by atoms with van der Waals surface area (Å²) in [6.45, 7) is 0. The zero-order valence-electron chi connectivity index (χ0n) is 12.4. The number of hydrogen-bond donors (Lipinski definition) is 2. The van der Waals surface area contributed by atoms with E-state index in [2.05, 4.69) is 10.0 Å². The molecule has 2 aromatic carbocycles. The Morgan fingerprint density at radius 3 is 2.62 bits per heavy atom. The van der Waals surface area contributed by atoms with E-state index >= 15 is 0 Å². The van der Waals surface area contributed by atoms with Crippen molar-refractivity contribution in [3.63, 3.8) is 0 Å². The van der Waals surface area contributed by atoms with Gasteiger partial charge < -0.3 is 5.32 Å². The van der Waals surface area contributed by atoms with Crippen LogP contribution in [0.25, 0.3) is 0 Å². The normalized spacial score (nSPS) is 14.4. The number of amides is 1. The highest BCUT2D eigenvalue weighted by atomic mass is 35.5. The highest BCUT2D eigenvalue weighted by molar-refractivity contribution is 7.89. The summed E-state index contributed by atoms with van der Waals surface area (Å²) in [5.74, 6) is -1.26. The van der Waals surface area contributed by atoms with Gasteiger partial charge in [0.25, 0.3) is 5.91 Å². The molecule has 0 atom stereocenters. The van der Waals surface area contributed by atoms with Gasteiger partial charge in [-0.15, -0.1) is 0 Å². The van der Waals surface area contributed by atoms with E-state index in [1.807, 2.05) is 0 Å². The molecule has 24 heavy (non-hydrogen) atoms. The molecule has 0 aromatic heterocycles. The molecule has 0 saturated heterocycles. The Balaban J connectivity index is 1.82. The molecule has 1 aliphatic carbocycles. The average Bonchev–Trinajstić information content (AvgIpc) is 3.34. The molecular formula is C16H14ClFN2O3S. The zero-order valence-corrected chi connectivity index (χ0v) is 14.0. The zero-order chi connectivity index (χ0) is 17.3. The van der Waals surface area contributed by atoms with E-state index in [0.29, 0.717) is 0 Å². The molecule has 1 aliphatic rings. The first kappa shape index (κ1) is 16.9. The van der Waals surface area contributed by atoms with E-state index in [-0.39, 0.29) is 27.2 Å². The lowest BCUT2D eigenvalue weighted by Gasteiger charge is -2.09. The van der Waals surface area contributed by atoms with Crippen molar-refractivity contribution in [2.24, 2.45) is 0 Å². The van der Waals surface area contributed by atoms with Crippen molar-refractivity contribution >= 4 is 33.2 Å². The van der Waals surface area contributed by atoms with E-state index in [1.54, 1.807) is 0 Å². The smallest absolute Gasteiger partial charge is 0.255 e. The van der Waals surface area contributed by atoms with Crippen LogP contribution >= 0.6 is 11.6 Å². The van der Waals surface area contributed by atoms with Gasteiger partial charge in [0.15, 0.2) is 0 Å². The number of benzene rings is 2. The molecule has 8 heteroatoms. The van der Waals surface area contributed by atoms with Crippen LogP contribution in [0.3, 0.4) is 0 Å². The van der Waals surface area contributed by atoms with Gasteiger partial charge in [-0.25, -0.2) is 17.5 Å². The number of anilines is 1. The first-order valence-electron chi connectivity index (χ1n) is 7.24. The molecule has 126 valence electrons. The van der Waals surface area contributed by atoms with Crippen LogP contribution in [-0.4, -0.2) is 20.4 Å². The number of halogens is 2. The maximum atomic E-state index is 13.7. The van der Waals surface area contributed by atoms with Gasteiger partial charge >= 0.3 is 0 Å². The number of rotatable bonds is 5. The Kier molecular flexibility index (Phi) is 4.58. The van der Waals surface area contributed by atoms with Crippen molar-refractivity contribution in [3.8, 4) is 0 Å². The molecule has 1 fully saturated rings. The van der Waals surface area contributed by atoms with Gasteiger partial charge in [-0.05, 0) is 49.2 Å². The Hall–Kier alpha value is -1.96. The van der Waals surface area contributed by atoms with Crippen LogP contribution in [0.4, 0.5) is 10.1 Å². The summed E-state index contributed by atoms with van der Waals surface area (Å²) in [5.41, 5.74) is 0.0323. The molecule has 0 spiro atoms. The molecule has 2 aromatic rings. The number of nitrogens with one attached hydrogen (secondary N) is 2. The highest BCUT2D eigenvalue weighted by Crippen LogP contribution is 2.23. The SMILES string of the molecule is O=C(Nc1cc(Cl)ccc1F)c1cccc(S(=O)(=O)NC2CC2)c1. The highest BCUT2D eigenvalue weighted by Gasteiger charge is 2.28. The van der Waals surface area contributed by atoms with E-state index in [1.165, 1.54) is 36.4 Å². The van der Waals surface area contributed by atoms with Gasteiger partial charge in [-0.1, -0.05) is 17.7 Å². The number of sulfonamides is 1. The predicted octanol–water partition coefficient (Wildman–Crippen LogP) is 3.17. The first-order valence-corrected chi connectivity index (χ1v) is 9.10. The van der Waals surface area contributed by atoms with Crippen LogP contribution < -0.4 is 10.0 Å². The number of hydrogen-bond acceptors (Lipinski definition) is 3. The minimum Gasteiger partial charge on any atom is -0.319 e. The Morgan fingerprint density at radius 1 is 1.17 bits per heavy atom. The van der Waals surface area contributed by atoms with E-state index in [4.69, 9.17) is 11.6 Å². The third-order valence-corrected chi connectivity index (χ3v) is 5.24.